The third kappa shape index (κ3) is 7.93. The van der Waals surface area contributed by atoms with E-state index >= 15 is 0 Å². The van der Waals surface area contributed by atoms with Crippen LogP contribution in [0.25, 0.3) is 0 Å². The lowest BCUT2D eigenvalue weighted by atomic mass is 9.86. The quantitative estimate of drug-likeness (QED) is 0.0546. The first-order valence-corrected chi connectivity index (χ1v) is 17.3. The van der Waals surface area contributed by atoms with E-state index in [0.717, 1.165) is 35.1 Å². The second-order valence-corrected chi connectivity index (χ2v) is 14.6. The van der Waals surface area contributed by atoms with Crippen molar-refractivity contribution in [2.75, 3.05) is 45.1 Å². The number of rotatable bonds is 15. The normalized spacial score (nSPS) is 20.5. The number of oxime groups is 1. The molecule has 2 amide bonds. The Labute approximate surface area is 300 Å². The molecule has 0 bridgehead atoms. The van der Waals surface area contributed by atoms with Gasteiger partial charge in [0.1, 0.15) is 22.8 Å². The number of halogens is 1. The molecule has 4 heterocycles. The van der Waals surface area contributed by atoms with Gasteiger partial charge in [-0.3, -0.25) is 19.3 Å². The molecule has 0 spiro atoms. The number of fused-ring (bicyclic) bond motifs is 1. The maximum atomic E-state index is 13.6. The number of hydrogen-bond acceptors (Lipinski definition) is 14. The molecule has 2 aromatic rings. The number of Topliss-reactive ketones (excluding diaryl/α,β-unsaturated/α-hetero) is 1. The molecule has 0 unspecified atom stereocenters. The molecule has 0 radical (unpaired) electrons. The van der Waals surface area contributed by atoms with Crippen molar-refractivity contribution in [3.8, 4) is 11.5 Å². The Morgan fingerprint density at radius 2 is 1.94 bits per heavy atom. The number of nitrogens with two attached hydrogens (primary N) is 1. The van der Waals surface area contributed by atoms with Gasteiger partial charge in [0.2, 0.25) is 12.0 Å². The largest absolute Gasteiger partial charge is 0.543 e. The van der Waals surface area contributed by atoms with E-state index < -0.39 is 71.6 Å². The molecule has 3 aliphatic heterocycles. The van der Waals surface area contributed by atoms with Gasteiger partial charge in [0.05, 0.1) is 50.4 Å². The van der Waals surface area contributed by atoms with Crippen molar-refractivity contribution in [3.63, 3.8) is 0 Å². The number of carboxylic acid groups (broad SMARTS) is 2. The van der Waals surface area contributed by atoms with E-state index in [4.69, 9.17) is 26.9 Å². The number of aromatic hydroxyl groups is 2. The number of nitrogens with zero attached hydrogens (tertiary/aromatic N) is 4. The SMILES string of the molecule is CC(C)[C@H](O/N=C(\C(=O)C[C@@H]1C(=O)N2C(C(=O)[O-])=C(C[N+]3(CCNC(=O)c4ccc(O)c(O)c4)CCCC3)CO[C@H]12)c1nc(N)sc1Cl)C(=O)O. The Bertz CT molecular complexity index is 1800. The molecular weight excluding hydrogens is 712 g/mol. The average Bonchev–Trinajstić information content (AvgIpc) is 3.67. The van der Waals surface area contributed by atoms with Gasteiger partial charge >= 0.3 is 5.97 Å². The Balaban J connectivity index is 1.30. The van der Waals surface area contributed by atoms with Crippen LogP contribution in [0.15, 0.2) is 34.6 Å². The monoisotopic (exact) mass is 748 g/mol. The minimum atomic E-state index is -1.58. The van der Waals surface area contributed by atoms with Crippen LogP contribution in [0.4, 0.5) is 5.13 Å². The van der Waals surface area contributed by atoms with Crippen LogP contribution >= 0.6 is 22.9 Å². The summed E-state index contributed by atoms with van der Waals surface area (Å²) in [5, 5.41) is 47.9. The molecule has 1 aromatic heterocycles. The first-order valence-electron chi connectivity index (χ1n) is 16.1. The van der Waals surface area contributed by atoms with Crippen LogP contribution in [0.3, 0.4) is 0 Å². The molecule has 2 fully saturated rings. The van der Waals surface area contributed by atoms with E-state index in [0.29, 0.717) is 29.7 Å². The van der Waals surface area contributed by atoms with Crippen LogP contribution in [0.2, 0.25) is 4.34 Å². The van der Waals surface area contributed by atoms with E-state index in [9.17, 15) is 44.4 Å². The topological polar surface area (TPSA) is 254 Å². The number of β-lactam (4-membered cyclic amide) rings is 1. The number of benzene rings is 1. The van der Waals surface area contributed by atoms with Crippen molar-refractivity contribution in [2.45, 2.75) is 45.4 Å². The highest BCUT2D eigenvalue weighted by atomic mass is 35.5. The van der Waals surface area contributed by atoms with E-state index in [1.807, 2.05) is 0 Å². The van der Waals surface area contributed by atoms with Crippen LogP contribution in [0, 0.1) is 11.8 Å². The number of phenolic OH excluding ortho intramolecular Hbond substituents is 2. The maximum absolute atomic E-state index is 13.6. The van der Waals surface area contributed by atoms with Crippen molar-refractivity contribution in [1.29, 1.82) is 0 Å². The van der Waals surface area contributed by atoms with Crippen molar-refractivity contribution in [3.05, 3.63) is 45.1 Å². The van der Waals surface area contributed by atoms with E-state index in [2.05, 4.69) is 15.5 Å². The van der Waals surface area contributed by atoms with Crippen LogP contribution in [0.1, 0.15) is 49.2 Å². The lowest BCUT2D eigenvalue weighted by molar-refractivity contribution is -0.911. The maximum Gasteiger partial charge on any atom is 0.348 e. The van der Waals surface area contributed by atoms with Gasteiger partial charge in [-0.05, 0) is 18.2 Å². The van der Waals surface area contributed by atoms with Crippen molar-refractivity contribution < 1.29 is 58.5 Å². The lowest BCUT2D eigenvalue weighted by Gasteiger charge is -2.51. The minimum absolute atomic E-state index is 0.00497. The molecule has 19 heteroatoms. The zero-order chi connectivity index (χ0) is 37.2. The predicted octanol–water partition coefficient (Wildman–Crippen LogP) is 0.438. The number of carbonyl (C=O) groups is 5. The Morgan fingerprint density at radius 1 is 1.24 bits per heavy atom. The summed E-state index contributed by atoms with van der Waals surface area (Å²) in [6, 6.07) is 3.73. The number of aliphatic carboxylic acids is 2. The van der Waals surface area contributed by atoms with Gasteiger partial charge in [0, 0.05) is 36.3 Å². The standard InChI is InChI=1S/C32H37ClN6O11S/c1-15(2)25(31(47)48)50-37-22(23-26(33)51-32(34)36-23)21(42)12-18-28(44)38-24(30(45)46)17(14-49-29(18)38)13-39(8-3-4-9-39)10-7-35-27(43)16-5-6-19(40)20(41)11-16/h5-6,11,15,18,25,29H,3-4,7-10,12-14H2,1-2H3,(H6-,34,35,36,37,40,41,42,43,45,46,47,48)/t18-,25+,29-/m1/s1. The highest BCUT2D eigenvalue weighted by molar-refractivity contribution is 7.19. The highest BCUT2D eigenvalue weighted by Crippen LogP contribution is 2.40. The highest BCUT2D eigenvalue weighted by Gasteiger charge is 2.54. The number of phenols is 2. The Hall–Kier alpha value is -4.78. The number of nitrogen functional groups attached to an aromatic ring is 1. The summed E-state index contributed by atoms with van der Waals surface area (Å²) < 4.78 is 6.38. The predicted molar refractivity (Wildman–Crippen MR) is 178 cm³/mol. The third-order valence-electron chi connectivity index (χ3n) is 9.10. The number of thiazole rings is 1. The molecular formula is C32H37ClN6O11S. The summed E-state index contributed by atoms with van der Waals surface area (Å²) in [5.74, 6) is -7.27. The van der Waals surface area contributed by atoms with Crippen LogP contribution in [-0.4, -0.2) is 117 Å². The number of ketones is 1. The molecule has 1 aromatic carbocycles. The fourth-order valence-corrected chi connectivity index (χ4v) is 7.45. The minimum Gasteiger partial charge on any atom is -0.543 e. The van der Waals surface area contributed by atoms with Gasteiger partial charge in [0.25, 0.3) is 5.91 Å². The van der Waals surface area contributed by atoms with Gasteiger partial charge in [-0.1, -0.05) is 41.9 Å². The lowest BCUT2D eigenvalue weighted by Crippen LogP contribution is -2.66. The molecule has 0 aliphatic carbocycles. The smallest absolute Gasteiger partial charge is 0.348 e. The van der Waals surface area contributed by atoms with E-state index in [-0.39, 0.29) is 51.9 Å². The molecule has 3 aliphatic rings. The molecule has 17 nitrogen and oxygen atoms in total. The van der Waals surface area contributed by atoms with E-state index in [1.54, 1.807) is 13.8 Å². The number of ether oxygens (including phenoxy) is 1. The molecule has 0 saturated carbocycles. The molecule has 2 saturated heterocycles. The number of amides is 2. The molecule has 3 atom stereocenters. The number of likely N-dealkylation sites (tertiary alicyclic amines) is 1. The number of hydrogen-bond donors (Lipinski definition) is 5. The molecule has 6 N–H and O–H groups in total. The fourth-order valence-electron chi connectivity index (χ4n) is 6.52. The van der Waals surface area contributed by atoms with Crippen molar-refractivity contribution in [2.24, 2.45) is 17.0 Å². The summed E-state index contributed by atoms with van der Waals surface area (Å²) in [5.41, 5.74) is 5.30. The van der Waals surface area contributed by atoms with Gasteiger partial charge < -0.3 is 50.3 Å². The van der Waals surface area contributed by atoms with Gasteiger partial charge in [0.15, 0.2) is 28.1 Å². The summed E-state index contributed by atoms with van der Waals surface area (Å²) in [7, 11) is 0. The average molecular weight is 749 g/mol. The summed E-state index contributed by atoms with van der Waals surface area (Å²) in [6.45, 7) is 5.23. The third-order valence-corrected chi connectivity index (χ3v) is 10.2. The van der Waals surface area contributed by atoms with Crippen LogP contribution in [-0.2, 0) is 28.8 Å². The van der Waals surface area contributed by atoms with Gasteiger partial charge in [-0.15, -0.1) is 0 Å². The zero-order valence-electron chi connectivity index (χ0n) is 27.7. The molecule has 5 rings (SSSR count). The second kappa shape index (κ2) is 15.2. The zero-order valence-corrected chi connectivity index (χ0v) is 29.2. The second-order valence-electron chi connectivity index (χ2n) is 12.9. The first-order chi connectivity index (χ1) is 24.1. The molecule has 274 valence electrons. The Kier molecular flexibility index (Phi) is 11.2. The van der Waals surface area contributed by atoms with Gasteiger partial charge in [-0.2, -0.15) is 0 Å². The van der Waals surface area contributed by atoms with Crippen LogP contribution in [0.5, 0.6) is 11.5 Å². The van der Waals surface area contributed by atoms with Crippen molar-refractivity contribution in [1.82, 2.24) is 15.2 Å². The fraction of sp³-hybridized carbons (Fsp3) is 0.469. The van der Waals surface area contributed by atoms with E-state index in [1.165, 1.54) is 12.1 Å². The number of aromatic nitrogens is 1. The number of nitrogens with one attached hydrogen (secondary N) is 1. The van der Waals surface area contributed by atoms with Crippen molar-refractivity contribution >= 4 is 63.3 Å². The summed E-state index contributed by atoms with van der Waals surface area (Å²) in [4.78, 5) is 74.1. The van der Waals surface area contributed by atoms with Crippen LogP contribution < -0.4 is 16.2 Å². The number of carboxylic acids is 2. The Morgan fingerprint density at radius 3 is 2.53 bits per heavy atom. The number of anilines is 1. The first kappa shape index (κ1) is 37.5. The van der Waals surface area contributed by atoms with Gasteiger partial charge in [-0.25, -0.2) is 9.78 Å². The summed E-state index contributed by atoms with van der Waals surface area (Å²) in [6.07, 6.45) is -1.31. The summed E-state index contributed by atoms with van der Waals surface area (Å²) >= 11 is 7.09. The number of quaternary nitrogens is 1. The molecule has 51 heavy (non-hydrogen) atoms. The number of carbonyl (C=O) groups excluding carboxylic acids is 4.